The van der Waals surface area contributed by atoms with Gasteiger partial charge in [-0.05, 0) is 81.0 Å². The van der Waals surface area contributed by atoms with Crippen molar-refractivity contribution in [1.82, 2.24) is 14.7 Å². The average Bonchev–Trinajstić information content (AvgIpc) is 3.47. The monoisotopic (exact) mass is 636 g/mol. The number of urea groups is 2. The number of piperidine rings is 1. The number of likely N-dealkylation sites (tertiary alicyclic amines) is 1. The molecule has 1 aromatic heterocycles. The lowest BCUT2D eigenvalue weighted by Crippen LogP contribution is -2.41. The van der Waals surface area contributed by atoms with Crippen LogP contribution in [0.5, 0.6) is 0 Å². The SMILES string of the molecule is CCOC(=O)c1cccc(NC(=O)N2CCC(Cc3ccccc3NC(=O)Nc3cc(C(C)(C)C)nn3-c3ccc(C)cc3)CC2)c1. The fraction of sp³-hybridized carbons (Fsp3) is 0.351. The Morgan fingerprint density at radius 3 is 2.32 bits per heavy atom. The van der Waals surface area contributed by atoms with Crippen molar-refractivity contribution in [2.45, 2.75) is 59.3 Å². The van der Waals surface area contributed by atoms with Gasteiger partial charge in [0.05, 0.1) is 23.6 Å². The molecule has 3 N–H and O–H groups in total. The Kier molecular flexibility index (Phi) is 10.3. The number of hydrogen-bond donors (Lipinski definition) is 3. The summed E-state index contributed by atoms with van der Waals surface area (Å²) in [6.07, 6.45) is 2.45. The zero-order valence-corrected chi connectivity index (χ0v) is 27.8. The summed E-state index contributed by atoms with van der Waals surface area (Å²) in [5.74, 6) is 0.529. The van der Waals surface area contributed by atoms with Crippen molar-refractivity contribution in [3.05, 3.63) is 101 Å². The molecule has 0 bridgehead atoms. The first kappa shape index (κ1) is 33.2. The number of nitrogens with one attached hydrogen (secondary N) is 3. The Morgan fingerprint density at radius 1 is 0.894 bits per heavy atom. The molecule has 0 spiro atoms. The zero-order valence-electron chi connectivity index (χ0n) is 27.8. The fourth-order valence-electron chi connectivity index (χ4n) is 5.60. The maximum absolute atomic E-state index is 13.3. The summed E-state index contributed by atoms with van der Waals surface area (Å²) in [6, 6.07) is 24.0. The van der Waals surface area contributed by atoms with Crippen LogP contribution in [0.1, 0.15) is 67.7 Å². The number of hydrogen-bond acceptors (Lipinski definition) is 5. The van der Waals surface area contributed by atoms with Crippen LogP contribution in [-0.4, -0.2) is 52.4 Å². The molecule has 1 aliphatic rings. The predicted molar refractivity (Wildman–Crippen MR) is 186 cm³/mol. The Morgan fingerprint density at radius 2 is 1.62 bits per heavy atom. The van der Waals surface area contributed by atoms with Gasteiger partial charge in [0.25, 0.3) is 0 Å². The lowest BCUT2D eigenvalue weighted by Gasteiger charge is -2.32. The van der Waals surface area contributed by atoms with E-state index in [4.69, 9.17) is 9.84 Å². The van der Waals surface area contributed by atoms with Gasteiger partial charge in [-0.25, -0.2) is 19.1 Å². The highest BCUT2D eigenvalue weighted by Crippen LogP contribution is 2.28. The van der Waals surface area contributed by atoms with Crippen LogP contribution >= 0.6 is 0 Å². The van der Waals surface area contributed by atoms with Gasteiger partial charge in [0.15, 0.2) is 0 Å². The van der Waals surface area contributed by atoms with E-state index in [0.717, 1.165) is 47.5 Å². The standard InChI is InChI=1S/C37H44N6O4/c1-6-47-34(44)28-11-9-12-29(23-28)38-36(46)42-20-18-26(19-21-42)22-27-10-7-8-13-31(27)39-35(45)40-33-24-32(37(3,4)5)41-43(33)30-16-14-25(2)15-17-30/h7-17,23-24,26H,6,18-22H2,1-5H3,(H,38,46)(H2,39,40,45). The van der Waals surface area contributed by atoms with Crippen LogP contribution < -0.4 is 16.0 Å². The zero-order chi connectivity index (χ0) is 33.6. The van der Waals surface area contributed by atoms with E-state index in [-0.39, 0.29) is 24.1 Å². The van der Waals surface area contributed by atoms with Crippen LogP contribution in [0.2, 0.25) is 0 Å². The summed E-state index contributed by atoms with van der Waals surface area (Å²) >= 11 is 0. The lowest BCUT2D eigenvalue weighted by molar-refractivity contribution is 0.0526. The molecule has 10 nitrogen and oxygen atoms in total. The number of ether oxygens (including phenoxy) is 1. The third-order valence-corrected chi connectivity index (χ3v) is 8.30. The van der Waals surface area contributed by atoms with E-state index in [9.17, 15) is 14.4 Å². The van der Waals surface area contributed by atoms with Crippen molar-refractivity contribution in [1.29, 1.82) is 0 Å². The number of amides is 4. The molecule has 10 heteroatoms. The Hall–Kier alpha value is -5.12. The third-order valence-electron chi connectivity index (χ3n) is 8.30. The number of aryl methyl sites for hydroxylation is 1. The average molecular weight is 637 g/mol. The first-order valence-corrected chi connectivity index (χ1v) is 16.2. The number of nitrogens with zero attached hydrogens (tertiary/aromatic N) is 3. The Bertz CT molecular complexity index is 1720. The van der Waals surface area contributed by atoms with Crippen molar-refractivity contribution in [2.75, 3.05) is 35.6 Å². The molecule has 0 radical (unpaired) electrons. The quantitative estimate of drug-likeness (QED) is 0.171. The number of para-hydroxylation sites is 1. The van der Waals surface area contributed by atoms with Crippen LogP contribution in [0.4, 0.5) is 26.8 Å². The maximum atomic E-state index is 13.3. The highest BCUT2D eigenvalue weighted by Gasteiger charge is 2.25. The predicted octanol–water partition coefficient (Wildman–Crippen LogP) is 7.79. The minimum atomic E-state index is -0.416. The molecule has 1 fully saturated rings. The van der Waals surface area contributed by atoms with E-state index in [1.165, 1.54) is 0 Å². The molecular formula is C37H44N6O4. The number of aromatic nitrogens is 2. The summed E-state index contributed by atoms with van der Waals surface area (Å²) in [5, 5.41) is 13.8. The second kappa shape index (κ2) is 14.5. The van der Waals surface area contributed by atoms with Crippen molar-refractivity contribution in [3.63, 3.8) is 0 Å². The molecule has 0 aliphatic carbocycles. The number of benzene rings is 3. The van der Waals surface area contributed by atoms with Crippen LogP contribution in [0.3, 0.4) is 0 Å². The number of rotatable bonds is 8. The fourth-order valence-corrected chi connectivity index (χ4v) is 5.60. The van der Waals surface area contributed by atoms with Crippen LogP contribution in [0.15, 0.2) is 78.9 Å². The van der Waals surface area contributed by atoms with Gasteiger partial charge in [0.2, 0.25) is 0 Å². The van der Waals surface area contributed by atoms with Crippen LogP contribution in [-0.2, 0) is 16.6 Å². The van der Waals surface area contributed by atoms with Gasteiger partial charge in [-0.2, -0.15) is 5.10 Å². The van der Waals surface area contributed by atoms with Crippen molar-refractivity contribution in [3.8, 4) is 5.69 Å². The minimum Gasteiger partial charge on any atom is -0.462 e. The molecule has 47 heavy (non-hydrogen) atoms. The first-order chi connectivity index (χ1) is 22.5. The molecular weight excluding hydrogens is 592 g/mol. The van der Waals surface area contributed by atoms with Gasteiger partial charge < -0.3 is 20.3 Å². The van der Waals surface area contributed by atoms with Gasteiger partial charge in [0, 0.05) is 35.9 Å². The second-order valence-electron chi connectivity index (χ2n) is 13.0. The van der Waals surface area contributed by atoms with Gasteiger partial charge in [-0.15, -0.1) is 0 Å². The molecule has 5 rings (SSSR count). The van der Waals surface area contributed by atoms with E-state index >= 15 is 0 Å². The molecule has 1 aliphatic heterocycles. The molecule has 4 amide bonds. The summed E-state index contributed by atoms with van der Waals surface area (Å²) in [7, 11) is 0. The summed E-state index contributed by atoms with van der Waals surface area (Å²) in [4.78, 5) is 40.2. The van der Waals surface area contributed by atoms with Crippen molar-refractivity contribution in [2.24, 2.45) is 5.92 Å². The highest BCUT2D eigenvalue weighted by atomic mass is 16.5. The maximum Gasteiger partial charge on any atom is 0.338 e. The molecule has 0 saturated carbocycles. The molecule has 3 aromatic carbocycles. The van der Waals surface area contributed by atoms with Gasteiger partial charge in [-0.3, -0.25) is 5.32 Å². The third kappa shape index (κ3) is 8.58. The Balaban J connectivity index is 1.19. The van der Waals surface area contributed by atoms with Crippen LogP contribution in [0.25, 0.3) is 5.69 Å². The molecule has 2 heterocycles. The van der Waals surface area contributed by atoms with E-state index < -0.39 is 5.97 Å². The number of carbonyl (C=O) groups is 3. The molecule has 1 saturated heterocycles. The van der Waals surface area contributed by atoms with Gasteiger partial charge in [-0.1, -0.05) is 62.7 Å². The smallest absolute Gasteiger partial charge is 0.338 e. The van der Waals surface area contributed by atoms with Crippen molar-refractivity contribution < 1.29 is 19.1 Å². The molecule has 0 unspecified atom stereocenters. The molecule has 246 valence electrons. The second-order valence-corrected chi connectivity index (χ2v) is 13.0. The van der Waals surface area contributed by atoms with Crippen LogP contribution in [0, 0.1) is 12.8 Å². The lowest BCUT2D eigenvalue weighted by atomic mass is 9.89. The number of carbonyl (C=O) groups excluding carboxylic acids is 3. The van der Waals surface area contributed by atoms with E-state index in [1.54, 1.807) is 40.8 Å². The first-order valence-electron chi connectivity index (χ1n) is 16.2. The van der Waals surface area contributed by atoms with Gasteiger partial charge in [0.1, 0.15) is 5.82 Å². The van der Waals surface area contributed by atoms with Crippen molar-refractivity contribution >= 4 is 35.2 Å². The summed E-state index contributed by atoms with van der Waals surface area (Å²) < 4.78 is 6.84. The van der Waals surface area contributed by atoms with E-state index in [0.29, 0.717) is 36.1 Å². The molecule has 4 aromatic rings. The van der Waals surface area contributed by atoms with E-state index in [1.807, 2.05) is 61.5 Å². The molecule has 0 atom stereocenters. The normalized spacial score (nSPS) is 13.6. The largest absolute Gasteiger partial charge is 0.462 e. The summed E-state index contributed by atoms with van der Waals surface area (Å²) in [6.45, 7) is 11.6. The highest BCUT2D eigenvalue weighted by molar-refractivity contribution is 6.00. The number of anilines is 3. The minimum absolute atomic E-state index is 0.192. The van der Waals surface area contributed by atoms with Gasteiger partial charge >= 0.3 is 18.0 Å². The Labute approximate surface area is 276 Å². The topological polar surface area (TPSA) is 118 Å². The van der Waals surface area contributed by atoms with E-state index in [2.05, 4.69) is 36.7 Å². The number of esters is 1. The summed E-state index contributed by atoms with van der Waals surface area (Å²) in [5.41, 5.74) is 5.45.